The molecule has 2 N–H and O–H groups in total. The quantitative estimate of drug-likeness (QED) is 0.201. The summed E-state index contributed by atoms with van der Waals surface area (Å²) >= 11 is 12.7. The lowest BCUT2D eigenvalue weighted by Crippen LogP contribution is -2.50. The summed E-state index contributed by atoms with van der Waals surface area (Å²) in [7, 11) is 0. The smallest absolute Gasteiger partial charge is 0.410 e. The van der Waals surface area contributed by atoms with Gasteiger partial charge in [-0.25, -0.2) is 19.7 Å². The molecule has 2 aromatic heterocycles. The van der Waals surface area contributed by atoms with E-state index < -0.39 is 10.5 Å². The molecule has 1 aromatic carbocycles. The van der Waals surface area contributed by atoms with E-state index in [1.54, 1.807) is 29.3 Å². The normalized spacial score (nSPS) is 13.6. The molecule has 212 valence electrons. The number of hydrogen-bond donors (Lipinski definition) is 2. The molecule has 40 heavy (non-hydrogen) atoms. The van der Waals surface area contributed by atoms with Crippen LogP contribution in [0, 0.1) is 10.1 Å². The molecule has 0 aliphatic carbocycles. The molecule has 3 heterocycles. The third-order valence-electron chi connectivity index (χ3n) is 5.90. The fourth-order valence-corrected chi connectivity index (χ4v) is 4.49. The SMILES string of the molecule is CC(C)(C)OC(=O)N1CCN(c2cnc(NCCNc3ccc([N+](=O)[O-])cn3)nc2-c2ccc(Cl)cc2Cl)CC1. The number of benzene rings is 1. The number of carbonyl (C=O) groups is 1. The number of anilines is 3. The summed E-state index contributed by atoms with van der Waals surface area (Å²) in [6, 6.07) is 8.17. The van der Waals surface area contributed by atoms with Crippen molar-refractivity contribution in [1.29, 1.82) is 0 Å². The second-order valence-electron chi connectivity index (χ2n) is 10.0. The second-order valence-corrected chi connectivity index (χ2v) is 10.9. The van der Waals surface area contributed by atoms with Crippen LogP contribution in [0.2, 0.25) is 10.0 Å². The van der Waals surface area contributed by atoms with E-state index >= 15 is 0 Å². The molecule has 0 atom stereocenters. The number of aromatic nitrogens is 3. The van der Waals surface area contributed by atoms with E-state index in [1.807, 2.05) is 26.8 Å². The third kappa shape index (κ3) is 7.60. The van der Waals surface area contributed by atoms with Gasteiger partial charge in [0.2, 0.25) is 5.95 Å². The Balaban J connectivity index is 1.46. The number of rotatable bonds is 8. The van der Waals surface area contributed by atoms with Gasteiger partial charge >= 0.3 is 6.09 Å². The maximum Gasteiger partial charge on any atom is 0.410 e. The van der Waals surface area contributed by atoms with Crippen LogP contribution in [0.15, 0.2) is 42.7 Å². The number of pyridine rings is 1. The summed E-state index contributed by atoms with van der Waals surface area (Å²) in [6.45, 7) is 8.59. The molecule has 0 saturated carbocycles. The zero-order valence-electron chi connectivity index (χ0n) is 22.4. The Labute approximate surface area is 241 Å². The van der Waals surface area contributed by atoms with Crippen LogP contribution in [-0.2, 0) is 4.74 Å². The number of ether oxygens (including phenoxy) is 1. The lowest BCUT2D eigenvalue weighted by Gasteiger charge is -2.37. The molecule has 1 aliphatic heterocycles. The Morgan fingerprint density at radius 3 is 2.40 bits per heavy atom. The van der Waals surface area contributed by atoms with Crippen LogP contribution in [0.4, 0.5) is 27.9 Å². The van der Waals surface area contributed by atoms with Crippen LogP contribution < -0.4 is 15.5 Å². The molecule has 0 bridgehead atoms. The predicted octanol–water partition coefficient (Wildman–Crippen LogP) is 5.33. The molecular formula is C26H30Cl2N8O4. The standard InChI is InChI=1S/C26H30Cl2N8O4/c1-26(2,3)40-25(37)35-12-10-34(11-13-35)21-16-32-24(33-23(21)19-6-4-17(27)14-20(19)28)30-9-8-29-22-7-5-18(15-31-22)36(38)39/h4-7,14-16H,8-13H2,1-3H3,(H,29,31)(H,30,32,33). The second kappa shape index (κ2) is 12.5. The number of halogens is 2. The van der Waals surface area contributed by atoms with Crippen molar-refractivity contribution in [3.8, 4) is 11.3 Å². The fourth-order valence-electron chi connectivity index (χ4n) is 3.99. The highest BCUT2D eigenvalue weighted by Gasteiger charge is 2.28. The molecule has 3 aromatic rings. The molecule has 1 fully saturated rings. The van der Waals surface area contributed by atoms with Crippen molar-refractivity contribution in [1.82, 2.24) is 19.9 Å². The number of nitrogens with zero attached hydrogens (tertiary/aromatic N) is 6. The van der Waals surface area contributed by atoms with Crippen molar-refractivity contribution in [2.24, 2.45) is 0 Å². The van der Waals surface area contributed by atoms with Gasteiger partial charge in [-0.3, -0.25) is 10.1 Å². The van der Waals surface area contributed by atoms with Gasteiger partial charge in [0.15, 0.2) is 0 Å². The molecule has 1 aliphatic rings. The summed E-state index contributed by atoms with van der Waals surface area (Å²) in [5, 5.41) is 18.0. The molecule has 1 saturated heterocycles. The van der Waals surface area contributed by atoms with Crippen molar-refractivity contribution in [2.75, 3.05) is 54.8 Å². The fraction of sp³-hybridized carbons (Fsp3) is 0.385. The van der Waals surface area contributed by atoms with Gasteiger partial charge in [0.1, 0.15) is 23.3 Å². The number of amides is 1. The summed E-state index contributed by atoms with van der Waals surface area (Å²) in [5.41, 5.74) is 1.49. The van der Waals surface area contributed by atoms with Crippen LogP contribution in [0.25, 0.3) is 11.3 Å². The Hall–Kier alpha value is -3.90. The minimum absolute atomic E-state index is 0.0724. The lowest BCUT2D eigenvalue weighted by atomic mass is 10.1. The van der Waals surface area contributed by atoms with E-state index in [9.17, 15) is 14.9 Å². The van der Waals surface area contributed by atoms with Gasteiger partial charge in [-0.15, -0.1) is 0 Å². The first-order valence-electron chi connectivity index (χ1n) is 12.6. The molecule has 0 radical (unpaired) electrons. The van der Waals surface area contributed by atoms with E-state index in [0.717, 1.165) is 5.69 Å². The minimum Gasteiger partial charge on any atom is -0.444 e. The average molecular weight is 589 g/mol. The first-order chi connectivity index (χ1) is 19.0. The Kier molecular flexibility index (Phi) is 9.10. The van der Waals surface area contributed by atoms with Crippen molar-refractivity contribution in [3.05, 3.63) is 62.9 Å². The van der Waals surface area contributed by atoms with E-state index in [0.29, 0.717) is 72.3 Å². The Morgan fingerprint density at radius 1 is 1.05 bits per heavy atom. The molecule has 12 nitrogen and oxygen atoms in total. The summed E-state index contributed by atoms with van der Waals surface area (Å²) in [6.07, 6.45) is 2.61. The number of hydrogen-bond acceptors (Lipinski definition) is 10. The predicted molar refractivity (Wildman–Crippen MR) is 155 cm³/mol. The molecular weight excluding hydrogens is 559 g/mol. The monoisotopic (exact) mass is 588 g/mol. The van der Waals surface area contributed by atoms with Gasteiger partial charge in [-0.2, -0.15) is 0 Å². The highest BCUT2D eigenvalue weighted by Crippen LogP contribution is 2.36. The van der Waals surface area contributed by atoms with Crippen LogP contribution in [0.1, 0.15) is 20.8 Å². The third-order valence-corrected chi connectivity index (χ3v) is 6.45. The van der Waals surface area contributed by atoms with Gasteiger partial charge in [0.25, 0.3) is 5.69 Å². The minimum atomic E-state index is -0.558. The summed E-state index contributed by atoms with van der Waals surface area (Å²) < 4.78 is 5.51. The van der Waals surface area contributed by atoms with Crippen LogP contribution in [0.5, 0.6) is 0 Å². The number of piperazine rings is 1. The van der Waals surface area contributed by atoms with Crippen LogP contribution >= 0.6 is 23.2 Å². The van der Waals surface area contributed by atoms with Crippen molar-refractivity contribution < 1.29 is 14.5 Å². The highest BCUT2D eigenvalue weighted by atomic mass is 35.5. The highest BCUT2D eigenvalue weighted by molar-refractivity contribution is 6.36. The largest absolute Gasteiger partial charge is 0.444 e. The van der Waals surface area contributed by atoms with Crippen molar-refractivity contribution in [2.45, 2.75) is 26.4 Å². The first kappa shape index (κ1) is 29.1. The van der Waals surface area contributed by atoms with Gasteiger partial charge in [-0.05, 0) is 45.0 Å². The zero-order valence-corrected chi connectivity index (χ0v) is 23.9. The summed E-state index contributed by atoms with van der Waals surface area (Å²) in [5.74, 6) is 0.915. The van der Waals surface area contributed by atoms with Gasteiger partial charge in [0.05, 0.1) is 21.8 Å². The number of nitro groups is 1. The average Bonchev–Trinajstić information content (AvgIpc) is 2.90. The van der Waals surface area contributed by atoms with E-state index in [1.165, 1.54) is 12.3 Å². The maximum atomic E-state index is 12.5. The topological polar surface area (TPSA) is 139 Å². The molecule has 4 rings (SSSR count). The summed E-state index contributed by atoms with van der Waals surface area (Å²) in [4.78, 5) is 39.9. The van der Waals surface area contributed by atoms with E-state index in [-0.39, 0.29) is 11.8 Å². The van der Waals surface area contributed by atoms with Crippen LogP contribution in [-0.4, -0.2) is 75.7 Å². The first-order valence-corrected chi connectivity index (χ1v) is 13.4. The zero-order chi connectivity index (χ0) is 28.9. The molecule has 1 amide bonds. The van der Waals surface area contributed by atoms with E-state index in [2.05, 4.69) is 25.5 Å². The van der Waals surface area contributed by atoms with Gasteiger partial charge in [-0.1, -0.05) is 23.2 Å². The molecule has 0 spiro atoms. The number of nitrogens with one attached hydrogen (secondary N) is 2. The Morgan fingerprint density at radius 2 is 1.77 bits per heavy atom. The van der Waals surface area contributed by atoms with E-state index in [4.69, 9.17) is 32.9 Å². The van der Waals surface area contributed by atoms with Crippen molar-refractivity contribution >= 4 is 52.4 Å². The van der Waals surface area contributed by atoms with Crippen LogP contribution in [0.3, 0.4) is 0 Å². The lowest BCUT2D eigenvalue weighted by molar-refractivity contribution is -0.385. The van der Waals surface area contributed by atoms with Crippen molar-refractivity contribution in [3.63, 3.8) is 0 Å². The van der Waals surface area contributed by atoms with Gasteiger partial charge in [0, 0.05) is 55.9 Å². The Bertz CT molecular complexity index is 1360. The maximum absolute atomic E-state index is 12.5. The molecule has 14 heteroatoms. The number of carbonyl (C=O) groups excluding carboxylic acids is 1. The molecule has 0 unspecified atom stereocenters. The van der Waals surface area contributed by atoms with Gasteiger partial charge < -0.3 is 25.2 Å².